The fourth-order valence-corrected chi connectivity index (χ4v) is 21.9. The first-order valence-corrected chi connectivity index (χ1v) is 41.6. The van der Waals surface area contributed by atoms with E-state index in [2.05, 4.69) is 126 Å². The highest BCUT2D eigenvalue weighted by atomic mass is 32.1. The molecule has 3 aromatic carbocycles. The molecule has 10 heteroatoms. The van der Waals surface area contributed by atoms with E-state index < -0.39 is 0 Å². The van der Waals surface area contributed by atoms with Crippen LogP contribution in [-0.2, 0) is 36.8 Å². The smallest absolute Gasteiger partial charge is 0.199 e. The van der Waals surface area contributed by atoms with E-state index in [4.69, 9.17) is 0 Å². The van der Waals surface area contributed by atoms with Gasteiger partial charge in [-0.05, 0) is 106 Å². The Morgan fingerprint density at radius 1 is 0.371 bits per heavy atom. The van der Waals surface area contributed by atoms with Gasteiger partial charge in [-0.15, -0.1) is 45.3 Å². The summed E-state index contributed by atoms with van der Waals surface area (Å²) >= 11 is 7.82. The third-order valence-electron chi connectivity index (χ3n) is 21.9. The van der Waals surface area contributed by atoms with E-state index in [1.807, 2.05) is 58.3 Å². The molecule has 1 atom stereocenters. The molecule has 6 heterocycles. The summed E-state index contributed by atoms with van der Waals surface area (Å²) in [6.45, 7) is 23.9. The van der Waals surface area contributed by atoms with Crippen molar-refractivity contribution in [2.45, 2.75) is 292 Å². The molecule has 0 aliphatic heterocycles. The van der Waals surface area contributed by atoms with E-state index >= 15 is 9.59 Å². The summed E-state index contributed by atoms with van der Waals surface area (Å²) in [4.78, 5) is 68.1. The number of thiophene rings is 4. The highest BCUT2D eigenvalue weighted by Crippen LogP contribution is 2.51. The zero-order valence-electron chi connectivity index (χ0n) is 60.6. The number of hydrogen-bond acceptors (Lipinski definition) is 8. The standard InChI is InChI=1S/C87H110N2O4S4/c1-11-18-20-22-24-26-28-30-32-34-36-38-44-58-52-70(96-83(58)71-56-68-69(94-71)57-72(95-68)84-59(53-73(97-84)87(10,15-5)51-14-4)45-39-37-35-33-31-29-27-25-23-21-19-12-2)76-64-54-66-67(55-65(64)77(88(76)16-6)74-79(90)60-46-40-41-47-61(60)80(74)91)85(86(8,9)50-13-3)89(17-7)78(66)75-81(92)62-48-42-43-49-63(62)82(75)93/h40-43,46-49,52-57H,11-39,44-45,50-51H2,1-10H3. The number of carbonyl (C=O) groups is 4. The minimum atomic E-state index is -0.377. The fraction of sp³-hybridized carbons (Fsp3) is 0.517. The third kappa shape index (κ3) is 15.2. The highest BCUT2D eigenvalue weighted by molar-refractivity contribution is 7.33. The van der Waals surface area contributed by atoms with Crippen molar-refractivity contribution in [3.05, 3.63) is 140 Å². The zero-order chi connectivity index (χ0) is 68.4. The number of Topliss-reactive ketones (excluding diaryl/α,β-unsaturated/α-hetero) is 4. The van der Waals surface area contributed by atoms with Crippen molar-refractivity contribution in [3.63, 3.8) is 0 Å². The number of hydrogen-bond donors (Lipinski definition) is 0. The summed E-state index contributed by atoms with van der Waals surface area (Å²) in [6.07, 6.45) is 39.2. The van der Waals surface area contributed by atoms with E-state index in [1.54, 1.807) is 34.7 Å². The van der Waals surface area contributed by atoms with Crippen LogP contribution in [0.25, 0.3) is 72.2 Å². The van der Waals surface area contributed by atoms with Gasteiger partial charge >= 0.3 is 0 Å². The quantitative estimate of drug-likeness (QED) is 0.0361. The number of fused-ring (bicyclic) bond motifs is 5. The van der Waals surface area contributed by atoms with Gasteiger partial charge in [0.25, 0.3) is 0 Å². The summed E-state index contributed by atoms with van der Waals surface area (Å²) < 4.78 is 7.18. The lowest BCUT2D eigenvalue weighted by molar-refractivity contribution is 0.101. The normalized spacial score (nSPS) is 14.1. The first kappa shape index (κ1) is 72.5. The minimum Gasteiger partial charge on any atom is -0.343 e. The number of aryl methyl sites for hydroxylation is 2. The summed E-state index contributed by atoms with van der Waals surface area (Å²) in [5.41, 5.74) is 6.88. The van der Waals surface area contributed by atoms with Crippen LogP contribution in [0, 0.1) is 0 Å². The number of ketones is 4. The monoisotopic (exact) mass is 1370 g/mol. The molecule has 0 spiro atoms. The molecule has 0 radical (unpaired) electrons. The van der Waals surface area contributed by atoms with Crippen LogP contribution in [0.5, 0.6) is 0 Å². The van der Waals surface area contributed by atoms with Gasteiger partial charge in [0.05, 0.1) is 32.4 Å². The zero-order valence-corrected chi connectivity index (χ0v) is 63.8. The number of nitrogens with zero attached hydrogens (tertiary/aromatic N) is 2. The molecule has 0 saturated heterocycles. The van der Waals surface area contributed by atoms with Crippen LogP contribution in [0.2, 0.25) is 0 Å². The van der Waals surface area contributed by atoms with Crippen LogP contribution < -0.4 is 10.7 Å². The van der Waals surface area contributed by atoms with Gasteiger partial charge in [0.2, 0.25) is 0 Å². The van der Waals surface area contributed by atoms with Crippen molar-refractivity contribution in [1.82, 2.24) is 9.13 Å². The molecule has 0 fully saturated rings. The predicted molar refractivity (Wildman–Crippen MR) is 420 cm³/mol. The molecule has 11 rings (SSSR count). The van der Waals surface area contributed by atoms with E-state index in [0.29, 0.717) is 46.0 Å². The second-order valence-corrected chi connectivity index (χ2v) is 33.7. The molecule has 9 aromatic rings. The number of benzene rings is 3. The summed E-state index contributed by atoms with van der Waals surface area (Å²) in [5.74, 6) is -0.980. The van der Waals surface area contributed by atoms with Crippen molar-refractivity contribution < 1.29 is 19.2 Å². The van der Waals surface area contributed by atoms with Crippen LogP contribution >= 0.6 is 45.3 Å². The van der Waals surface area contributed by atoms with Crippen LogP contribution in [0.3, 0.4) is 0 Å². The van der Waals surface area contributed by atoms with Gasteiger partial charge in [-0.1, -0.05) is 258 Å². The molecule has 1 unspecified atom stereocenters. The molecular formula is C87H110N2O4S4. The largest absolute Gasteiger partial charge is 0.343 e. The van der Waals surface area contributed by atoms with Gasteiger partial charge in [0, 0.05) is 107 Å². The van der Waals surface area contributed by atoms with E-state index in [1.165, 1.54) is 195 Å². The summed E-state index contributed by atoms with van der Waals surface area (Å²) in [5, 5.41) is 4.83. The molecule has 0 saturated carbocycles. The summed E-state index contributed by atoms with van der Waals surface area (Å²) in [6, 6.07) is 29.1. The number of aromatic nitrogens is 2. The van der Waals surface area contributed by atoms with Crippen LogP contribution in [0.15, 0.2) is 84.9 Å². The van der Waals surface area contributed by atoms with E-state index in [-0.39, 0.29) is 45.1 Å². The molecule has 6 nitrogen and oxygen atoms in total. The number of carbonyl (C=O) groups excluding carboxylic acids is 4. The van der Waals surface area contributed by atoms with Gasteiger partial charge in [0.1, 0.15) is 0 Å². The maximum atomic E-state index is 15.1. The molecule has 516 valence electrons. The van der Waals surface area contributed by atoms with Crippen LogP contribution in [-0.4, -0.2) is 32.3 Å². The Morgan fingerprint density at radius 2 is 0.763 bits per heavy atom. The molecular weight excluding hydrogens is 1270 g/mol. The molecule has 0 bridgehead atoms. The predicted octanol–water partition coefficient (Wildman–Crippen LogP) is 25.5. The second kappa shape index (κ2) is 33.1. The number of rotatable bonds is 38. The fourth-order valence-electron chi connectivity index (χ4n) is 16.5. The Kier molecular flexibility index (Phi) is 24.8. The van der Waals surface area contributed by atoms with Crippen molar-refractivity contribution >= 4 is 111 Å². The van der Waals surface area contributed by atoms with Crippen molar-refractivity contribution in [3.8, 4) is 30.1 Å². The Hall–Kier alpha value is -5.78. The topological polar surface area (TPSA) is 78.1 Å². The van der Waals surface area contributed by atoms with E-state index in [0.717, 1.165) is 76.3 Å². The second-order valence-electron chi connectivity index (χ2n) is 29.4. The average molecular weight is 1380 g/mol. The van der Waals surface area contributed by atoms with Crippen LogP contribution in [0.4, 0.5) is 0 Å². The van der Waals surface area contributed by atoms with Gasteiger partial charge in [-0.3, -0.25) is 19.2 Å². The lowest BCUT2D eigenvalue weighted by atomic mass is 9.81. The molecule has 0 amide bonds. The van der Waals surface area contributed by atoms with Crippen LogP contribution in [0.1, 0.15) is 319 Å². The average Bonchev–Trinajstić information content (AvgIpc) is 1.54. The maximum absolute atomic E-state index is 15.1. The first-order chi connectivity index (χ1) is 47.2. The lowest BCUT2D eigenvalue weighted by Crippen LogP contribution is -2.29. The van der Waals surface area contributed by atoms with Gasteiger partial charge in [-0.25, -0.2) is 0 Å². The molecule has 2 aliphatic rings. The minimum absolute atomic E-state index is 0.171. The number of unbranched alkanes of at least 4 members (excludes halogenated alkanes) is 22. The molecule has 0 N–H and O–H groups in total. The summed E-state index contributed by atoms with van der Waals surface area (Å²) in [7, 11) is 0. The SMILES string of the molecule is CCCCCCCCCCCCCCc1cc(-c2c3cc4c(=C5C(=O)c6ccccc6C5=O)n(CC)c(C(C)(C)CCC)c4cc3c(=C3C(=O)c4ccccc4C3=O)n2CC)sc1-c1cc2sc(-c3sc(C(C)(CC)CCC)cc3CCCCCCCCCCCCCC)cc2s1. The van der Waals surface area contributed by atoms with Crippen molar-refractivity contribution in [2.24, 2.45) is 0 Å². The molecule has 6 aromatic heterocycles. The van der Waals surface area contributed by atoms with Crippen molar-refractivity contribution in [1.29, 1.82) is 0 Å². The van der Waals surface area contributed by atoms with Gasteiger partial charge in [0.15, 0.2) is 23.1 Å². The Bertz CT molecular complexity index is 4300. The third-order valence-corrected chi connectivity index (χ3v) is 27.2. The van der Waals surface area contributed by atoms with Crippen molar-refractivity contribution in [2.75, 3.05) is 0 Å². The molecule has 2 aliphatic carbocycles. The Balaban J connectivity index is 1.03. The Morgan fingerprint density at radius 3 is 1.19 bits per heavy atom. The lowest BCUT2D eigenvalue weighted by Gasteiger charge is -2.27. The van der Waals surface area contributed by atoms with Gasteiger partial charge in [-0.2, -0.15) is 0 Å². The van der Waals surface area contributed by atoms with Gasteiger partial charge < -0.3 is 9.13 Å². The molecule has 97 heavy (non-hydrogen) atoms. The van der Waals surface area contributed by atoms with E-state index in [9.17, 15) is 9.59 Å². The maximum Gasteiger partial charge on any atom is 0.199 e. The highest BCUT2D eigenvalue weighted by Gasteiger charge is 2.40. The Labute approximate surface area is 596 Å². The first-order valence-electron chi connectivity index (χ1n) is 38.3.